The number of nitrogens with zero attached hydrogens (tertiary/aromatic N) is 2. The molecule has 0 spiro atoms. The number of hydrogen-bond acceptors (Lipinski definition) is 4. The Morgan fingerprint density at radius 2 is 2.00 bits per heavy atom. The van der Waals surface area contributed by atoms with E-state index in [9.17, 15) is 4.39 Å². The van der Waals surface area contributed by atoms with E-state index < -0.39 is 0 Å². The van der Waals surface area contributed by atoms with Crippen LogP contribution >= 0.6 is 11.8 Å². The molecule has 3 heterocycles. The van der Waals surface area contributed by atoms with Gasteiger partial charge < -0.3 is 10.0 Å². The molecular weight excluding hydrogens is 275 g/mol. The molecule has 0 aromatic heterocycles. The third-order valence-electron chi connectivity index (χ3n) is 3.51. The molecule has 3 aliphatic heterocycles. The molecule has 1 atom stereocenters. The lowest BCUT2D eigenvalue weighted by Gasteiger charge is -2.32. The highest BCUT2D eigenvalue weighted by Gasteiger charge is 2.14. The van der Waals surface area contributed by atoms with E-state index in [0.717, 1.165) is 48.9 Å². The number of β-amino-alcohol motifs (C(OH)–C–C–N with tert-alkyl or cyclic N) is 1. The van der Waals surface area contributed by atoms with Crippen LogP contribution in [0.5, 0.6) is 0 Å². The molecule has 5 heteroatoms. The highest BCUT2D eigenvalue weighted by atomic mass is 32.2. The van der Waals surface area contributed by atoms with E-state index in [1.54, 1.807) is 17.8 Å². The van der Waals surface area contributed by atoms with Gasteiger partial charge in [-0.15, -0.1) is 11.8 Å². The van der Waals surface area contributed by atoms with Crippen molar-refractivity contribution in [2.75, 3.05) is 39.8 Å². The summed E-state index contributed by atoms with van der Waals surface area (Å²) in [4.78, 5) is 5.41. The average Bonchev–Trinajstić information content (AvgIpc) is 2.43. The molecular formula is C15H23FN2OS. The number of rotatable bonds is 2. The first-order valence-electron chi connectivity index (χ1n) is 7.05. The van der Waals surface area contributed by atoms with Gasteiger partial charge >= 0.3 is 0 Å². The van der Waals surface area contributed by atoms with Crippen molar-refractivity contribution in [2.24, 2.45) is 0 Å². The van der Waals surface area contributed by atoms with Gasteiger partial charge in [0.15, 0.2) is 0 Å². The van der Waals surface area contributed by atoms with E-state index in [-0.39, 0.29) is 11.9 Å². The van der Waals surface area contributed by atoms with Crippen molar-refractivity contribution < 1.29 is 9.50 Å². The minimum Gasteiger partial charge on any atom is -0.392 e. The van der Waals surface area contributed by atoms with Crippen LogP contribution in [0.1, 0.15) is 12.5 Å². The van der Waals surface area contributed by atoms with Gasteiger partial charge in [0.1, 0.15) is 5.82 Å². The van der Waals surface area contributed by atoms with Gasteiger partial charge in [0.05, 0.1) is 6.10 Å². The number of halogens is 1. The van der Waals surface area contributed by atoms with Crippen LogP contribution in [-0.4, -0.2) is 60.8 Å². The van der Waals surface area contributed by atoms with E-state index in [2.05, 4.69) is 16.8 Å². The highest BCUT2D eigenvalue weighted by molar-refractivity contribution is 7.98. The van der Waals surface area contributed by atoms with Gasteiger partial charge in [-0.2, -0.15) is 0 Å². The molecule has 0 radical (unpaired) electrons. The summed E-state index contributed by atoms with van der Waals surface area (Å²) in [6, 6.07) is 5.40. The Morgan fingerprint density at radius 3 is 2.35 bits per heavy atom. The van der Waals surface area contributed by atoms with Crippen LogP contribution in [0.15, 0.2) is 23.1 Å². The number of fused-ring (bicyclic) bond motifs is 3. The Labute approximate surface area is 124 Å². The quantitative estimate of drug-likeness (QED) is 0.904. The van der Waals surface area contributed by atoms with Crippen LogP contribution < -0.4 is 0 Å². The largest absolute Gasteiger partial charge is 0.392 e. The number of hydrogen-bond donors (Lipinski definition) is 1. The Balaban J connectivity index is 0.000000149. The van der Waals surface area contributed by atoms with Crippen molar-refractivity contribution >= 4 is 11.8 Å². The summed E-state index contributed by atoms with van der Waals surface area (Å²) in [6.45, 7) is 7.13. The van der Waals surface area contributed by atoms with E-state index in [1.807, 2.05) is 19.1 Å². The summed E-state index contributed by atoms with van der Waals surface area (Å²) < 4.78 is 12.6. The zero-order chi connectivity index (χ0) is 14.5. The molecule has 4 rings (SSSR count). The molecule has 1 aromatic carbocycles. The Kier molecular flexibility index (Phi) is 5.84. The van der Waals surface area contributed by atoms with Crippen LogP contribution in [0, 0.1) is 5.82 Å². The monoisotopic (exact) mass is 298 g/mol. The van der Waals surface area contributed by atoms with E-state index in [1.165, 1.54) is 0 Å². The average molecular weight is 298 g/mol. The van der Waals surface area contributed by atoms with E-state index in [4.69, 9.17) is 5.11 Å². The van der Waals surface area contributed by atoms with Gasteiger partial charge in [-0.25, -0.2) is 4.39 Å². The van der Waals surface area contributed by atoms with Crippen LogP contribution in [0.3, 0.4) is 0 Å². The first kappa shape index (κ1) is 15.8. The van der Waals surface area contributed by atoms with Crippen LogP contribution in [0.2, 0.25) is 0 Å². The maximum atomic E-state index is 12.6. The SMILES string of the molecule is CC(O)CN1CCN(C)CC1.Fc1cc2ccc1SC2. The second-order valence-electron chi connectivity index (χ2n) is 5.51. The topological polar surface area (TPSA) is 26.7 Å². The fourth-order valence-corrected chi connectivity index (χ4v) is 3.18. The van der Waals surface area contributed by atoms with Crippen LogP contribution in [0.4, 0.5) is 4.39 Å². The first-order valence-corrected chi connectivity index (χ1v) is 8.03. The van der Waals surface area contributed by atoms with Gasteiger partial charge in [-0.05, 0) is 31.7 Å². The molecule has 1 unspecified atom stereocenters. The number of benzene rings is 1. The summed E-state index contributed by atoms with van der Waals surface area (Å²) in [5.74, 6) is 0.878. The number of likely N-dealkylation sites (N-methyl/N-ethyl adjacent to an activating group) is 1. The smallest absolute Gasteiger partial charge is 0.137 e. The molecule has 3 nitrogen and oxygen atoms in total. The fourth-order valence-electron chi connectivity index (χ4n) is 2.32. The Hall–Kier alpha value is -0.620. The van der Waals surface area contributed by atoms with Crippen molar-refractivity contribution in [3.8, 4) is 0 Å². The molecule has 0 amide bonds. The fraction of sp³-hybridized carbons (Fsp3) is 0.600. The minimum atomic E-state index is -0.182. The maximum Gasteiger partial charge on any atom is 0.137 e. The van der Waals surface area contributed by atoms with Crippen LogP contribution in [-0.2, 0) is 5.75 Å². The zero-order valence-electron chi connectivity index (χ0n) is 12.2. The van der Waals surface area contributed by atoms with E-state index in [0.29, 0.717) is 0 Å². The molecule has 0 aliphatic carbocycles. The summed E-state index contributed by atoms with van der Waals surface area (Å²) >= 11 is 1.57. The lowest BCUT2D eigenvalue weighted by Crippen LogP contribution is -2.46. The van der Waals surface area contributed by atoms with Gasteiger partial charge in [0, 0.05) is 43.4 Å². The minimum absolute atomic E-state index is 0.0660. The maximum absolute atomic E-state index is 12.6. The second kappa shape index (κ2) is 7.41. The first-order chi connectivity index (χ1) is 9.54. The standard InChI is InChI=1S/C8H18N2O.C7H5FS/c1-8(11)7-10-5-3-9(2)4-6-10;8-6-3-5-1-2-7(6)9-4-5/h8,11H,3-7H2,1-2H3;1-3H,4H2. The normalized spacial score (nSPS) is 20.4. The van der Waals surface area contributed by atoms with Crippen molar-refractivity contribution in [3.05, 3.63) is 29.6 Å². The summed E-state index contributed by atoms with van der Waals surface area (Å²) in [5.41, 5.74) is 1.09. The third-order valence-corrected chi connectivity index (χ3v) is 4.63. The zero-order valence-corrected chi connectivity index (χ0v) is 13.0. The molecule has 1 N–H and O–H groups in total. The predicted molar refractivity (Wildman–Crippen MR) is 81.6 cm³/mol. The van der Waals surface area contributed by atoms with Gasteiger partial charge in [0.2, 0.25) is 0 Å². The molecule has 1 saturated heterocycles. The number of thioether (sulfide) groups is 1. The van der Waals surface area contributed by atoms with Gasteiger partial charge in [0.25, 0.3) is 0 Å². The molecule has 1 fully saturated rings. The summed E-state index contributed by atoms with van der Waals surface area (Å²) in [6.07, 6.45) is -0.182. The number of aliphatic hydroxyl groups is 1. The number of aliphatic hydroxyl groups excluding tert-OH is 1. The molecule has 3 aliphatic rings. The Morgan fingerprint density at radius 1 is 1.30 bits per heavy atom. The molecule has 112 valence electrons. The molecule has 0 saturated carbocycles. The van der Waals surface area contributed by atoms with Gasteiger partial charge in [-0.3, -0.25) is 4.90 Å². The van der Waals surface area contributed by atoms with Crippen molar-refractivity contribution in [3.63, 3.8) is 0 Å². The van der Waals surface area contributed by atoms with E-state index >= 15 is 0 Å². The van der Waals surface area contributed by atoms with Gasteiger partial charge in [-0.1, -0.05) is 6.07 Å². The molecule has 1 aromatic rings. The lowest BCUT2D eigenvalue weighted by molar-refractivity contribution is 0.0899. The summed E-state index contributed by atoms with van der Waals surface area (Å²) in [7, 11) is 2.14. The predicted octanol–water partition coefficient (Wildman–Crippen LogP) is 2.05. The molecule has 20 heavy (non-hydrogen) atoms. The van der Waals surface area contributed by atoms with Crippen LogP contribution in [0.25, 0.3) is 0 Å². The Bertz CT molecular complexity index is 434. The number of piperazine rings is 1. The highest BCUT2D eigenvalue weighted by Crippen LogP contribution is 2.31. The van der Waals surface area contributed by atoms with Crippen molar-refractivity contribution in [1.29, 1.82) is 0 Å². The molecule has 2 bridgehead atoms. The third kappa shape index (κ3) is 4.74. The second-order valence-corrected chi connectivity index (χ2v) is 6.52. The van der Waals surface area contributed by atoms with Crippen molar-refractivity contribution in [2.45, 2.75) is 23.7 Å². The summed E-state index contributed by atoms with van der Waals surface area (Å²) in [5, 5.41) is 9.12. The lowest BCUT2D eigenvalue weighted by atomic mass is 10.2. The van der Waals surface area contributed by atoms with Crippen molar-refractivity contribution in [1.82, 2.24) is 9.80 Å².